The molecule has 0 aliphatic carbocycles. The van der Waals surface area contributed by atoms with Gasteiger partial charge in [-0.1, -0.05) is 20.8 Å². The molecule has 1 aliphatic rings. The van der Waals surface area contributed by atoms with E-state index >= 15 is 0 Å². The topological polar surface area (TPSA) is 28.2 Å². The molecule has 0 bridgehead atoms. The van der Waals surface area contributed by atoms with Crippen molar-refractivity contribution in [2.75, 3.05) is 24.5 Å². The zero-order chi connectivity index (χ0) is 14.4. The zero-order valence-corrected chi connectivity index (χ0v) is 13.2. The summed E-state index contributed by atoms with van der Waals surface area (Å²) in [7, 11) is 0. The van der Waals surface area contributed by atoms with Crippen LogP contribution in [-0.4, -0.2) is 24.6 Å². The molecule has 1 unspecified atom stereocenters. The third-order valence-corrected chi connectivity index (χ3v) is 4.04. The van der Waals surface area contributed by atoms with Gasteiger partial charge in [-0.15, -0.1) is 0 Å². The Labute approximate surface area is 123 Å². The quantitative estimate of drug-likeness (QED) is 0.892. The molecular weight excluding hydrogens is 246 g/mol. The Bertz CT molecular complexity index is 403. The zero-order valence-electron chi connectivity index (χ0n) is 13.2. The highest BCUT2D eigenvalue weighted by atomic mass is 15.1. The van der Waals surface area contributed by atoms with Crippen LogP contribution < -0.4 is 10.2 Å². The van der Waals surface area contributed by atoms with E-state index in [0.29, 0.717) is 5.92 Å². The molecule has 1 saturated heterocycles. The molecule has 0 spiro atoms. The minimum absolute atomic E-state index is 0.685. The van der Waals surface area contributed by atoms with Crippen LogP contribution in [0.25, 0.3) is 0 Å². The molecule has 2 heterocycles. The Kier molecular flexibility index (Phi) is 5.84. The molecule has 0 saturated carbocycles. The molecule has 1 aliphatic heterocycles. The van der Waals surface area contributed by atoms with Gasteiger partial charge in [0.1, 0.15) is 0 Å². The minimum Gasteiger partial charge on any atom is -0.371 e. The van der Waals surface area contributed by atoms with Gasteiger partial charge in [0, 0.05) is 31.5 Å². The Morgan fingerprint density at radius 2 is 2.20 bits per heavy atom. The Hall–Kier alpha value is -1.09. The number of nitrogens with zero attached hydrogens (tertiary/aromatic N) is 2. The molecule has 1 aromatic rings. The van der Waals surface area contributed by atoms with Crippen LogP contribution in [0.5, 0.6) is 0 Å². The van der Waals surface area contributed by atoms with E-state index in [-0.39, 0.29) is 0 Å². The van der Waals surface area contributed by atoms with Crippen molar-refractivity contribution in [1.82, 2.24) is 10.3 Å². The molecule has 1 N–H and O–H groups in total. The van der Waals surface area contributed by atoms with E-state index in [0.717, 1.165) is 24.7 Å². The Morgan fingerprint density at radius 3 is 3.00 bits per heavy atom. The highest BCUT2D eigenvalue weighted by molar-refractivity contribution is 5.46. The lowest BCUT2D eigenvalue weighted by Crippen LogP contribution is -2.25. The molecule has 2 rings (SSSR count). The van der Waals surface area contributed by atoms with Gasteiger partial charge in [0.2, 0.25) is 0 Å². The summed E-state index contributed by atoms with van der Waals surface area (Å²) in [4.78, 5) is 7.01. The van der Waals surface area contributed by atoms with E-state index in [9.17, 15) is 0 Å². The predicted octanol–water partition coefficient (Wildman–Crippen LogP) is 3.45. The van der Waals surface area contributed by atoms with Crippen LogP contribution in [0.2, 0.25) is 0 Å². The number of rotatable bonds is 5. The summed E-state index contributed by atoms with van der Waals surface area (Å²) in [6.45, 7) is 11.1. The van der Waals surface area contributed by atoms with Crippen molar-refractivity contribution >= 4 is 5.69 Å². The summed E-state index contributed by atoms with van der Waals surface area (Å²) in [5.74, 6) is 1.55. The molecule has 0 radical (unpaired) electrons. The van der Waals surface area contributed by atoms with Gasteiger partial charge < -0.3 is 10.2 Å². The first-order chi connectivity index (χ1) is 9.65. The first kappa shape index (κ1) is 15.3. The van der Waals surface area contributed by atoms with Crippen LogP contribution >= 0.6 is 0 Å². The van der Waals surface area contributed by atoms with Crippen LogP contribution in [0.3, 0.4) is 0 Å². The normalized spacial score (nSPS) is 20.2. The summed E-state index contributed by atoms with van der Waals surface area (Å²) in [6, 6.07) is 4.41. The van der Waals surface area contributed by atoms with Crippen LogP contribution in [-0.2, 0) is 6.54 Å². The van der Waals surface area contributed by atoms with Crippen molar-refractivity contribution in [3.63, 3.8) is 0 Å². The third kappa shape index (κ3) is 4.78. The largest absolute Gasteiger partial charge is 0.371 e. The van der Waals surface area contributed by atoms with E-state index in [2.05, 4.69) is 48.1 Å². The maximum Gasteiger partial charge on any atom is 0.0562 e. The van der Waals surface area contributed by atoms with Gasteiger partial charge >= 0.3 is 0 Å². The lowest BCUT2D eigenvalue weighted by molar-refractivity contribution is 0.521. The molecule has 0 amide bonds. The maximum absolute atomic E-state index is 4.48. The second-order valence-electron chi connectivity index (χ2n) is 6.55. The summed E-state index contributed by atoms with van der Waals surface area (Å²) in [6.07, 6.45) is 5.94. The Morgan fingerprint density at radius 1 is 1.35 bits per heavy atom. The van der Waals surface area contributed by atoms with Crippen LogP contribution in [0.1, 0.15) is 45.7 Å². The van der Waals surface area contributed by atoms with Crippen molar-refractivity contribution < 1.29 is 0 Å². The van der Waals surface area contributed by atoms with E-state index in [4.69, 9.17) is 0 Å². The molecule has 1 atom stereocenters. The number of hydrogen-bond donors (Lipinski definition) is 1. The highest BCUT2D eigenvalue weighted by Crippen LogP contribution is 2.22. The molecule has 1 aromatic heterocycles. The molecule has 3 heteroatoms. The second-order valence-corrected chi connectivity index (χ2v) is 6.55. The lowest BCUT2D eigenvalue weighted by Gasteiger charge is -2.23. The fraction of sp³-hybridized carbons (Fsp3) is 0.706. The van der Waals surface area contributed by atoms with Crippen LogP contribution in [0, 0.1) is 11.8 Å². The van der Waals surface area contributed by atoms with Crippen molar-refractivity contribution in [3.8, 4) is 0 Å². The van der Waals surface area contributed by atoms with Crippen LogP contribution in [0.4, 0.5) is 5.69 Å². The number of hydrogen-bond acceptors (Lipinski definition) is 3. The van der Waals surface area contributed by atoms with Crippen molar-refractivity contribution in [3.05, 3.63) is 24.0 Å². The molecule has 3 nitrogen and oxygen atoms in total. The van der Waals surface area contributed by atoms with Gasteiger partial charge in [-0.3, -0.25) is 4.98 Å². The van der Waals surface area contributed by atoms with Crippen LogP contribution in [0.15, 0.2) is 18.3 Å². The van der Waals surface area contributed by atoms with Gasteiger partial charge in [-0.2, -0.15) is 0 Å². The van der Waals surface area contributed by atoms with E-state index < -0.39 is 0 Å². The average molecular weight is 275 g/mol. The van der Waals surface area contributed by atoms with E-state index in [1.807, 2.05) is 6.20 Å². The van der Waals surface area contributed by atoms with Gasteiger partial charge in [-0.25, -0.2) is 0 Å². The predicted molar refractivity (Wildman–Crippen MR) is 86.0 cm³/mol. The fourth-order valence-electron chi connectivity index (χ4n) is 2.77. The lowest BCUT2D eigenvalue weighted by atomic mass is 10.0. The van der Waals surface area contributed by atoms with Crippen molar-refractivity contribution in [2.24, 2.45) is 11.8 Å². The van der Waals surface area contributed by atoms with E-state index in [1.54, 1.807) is 0 Å². The standard InChI is InChI=1S/C17H29N3/c1-14(2)12-18-13-16-11-17(6-8-19-16)20-9-4-5-15(3)7-10-20/h6,8,11,14-15,18H,4-5,7,9-10,12-13H2,1-3H3. The molecule has 1 fully saturated rings. The minimum atomic E-state index is 0.685. The number of aromatic nitrogens is 1. The van der Waals surface area contributed by atoms with Gasteiger partial charge in [-0.05, 0) is 49.8 Å². The number of nitrogens with one attached hydrogen (secondary N) is 1. The second kappa shape index (κ2) is 7.63. The fourth-order valence-corrected chi connectivity index (χ4v) is 2.77. The summed E-state index contributed by atoms with van der Waals surface area (Å²) >= 11 is 0. The first-order valence-corrected chi connectivity index (χ1v) is 8.05. The molecular formula is C17H29N3. The number of pyridine rings is 1. The molecule has 0 aromatic carbocycles. The van der Waals surface area contributed by atoms with Gasteiger partial charge in [0.15, 0.2) is 0 Å². The monoisotopic (exact) mass is 275 g/mol. The summed E-state index contributed by atoms with van der Waals surface area (Å²) in [5, 5.41) is 3.47. The van der Waals surface area contributed by atoms with Crippen molar-refractivity contribution in [1.29, 1.82) is 0 Å². The third-order valence-electron chi connectivity index (χ3n) is 4.04. The van der Waals surface area contributed by atoms with E-state index in [1.165, 1.54) is 38.0 Å². The SMILES string of the molecule is CC(C)CNCc1cc(N2CCCC(C)CC2)ccn1. The molecule has 112 valence electrons. The maximum atomic E-state index is 4.48. The van der Waals surface area contributed by atoms with Gasteiger partial charge in [0.25, 0.3) is 0 Å². The smallest absolute Gasteiger partial charge is 0.0562 e. The van der Waals surface area contributed by atoms with Gasteiger partial charge in [0.05, 0.1) is 5.69 Å². The Balaban J connectivity index is 1.94. The highest BCUT2D eigenvalue weighted by Gasteiger charge is 2.14. The molecule has 20 heavy (non-hydrogen) atoms. The summed E-state index contributed by atoms with van der Waals surface area (Å²) < 4.78 is 0. The average Bonchev–Trinajstić information content (AvgIpc) is 2.63. The van der Waals surface area contributed by atoms with Crippen molar-refractivity contribution in [2.45, 2.75) is 46.6 Å². The summed E-state index contributed by atoms with van der Waals surface area (Å²) in [5.41, 5.74) is 2.50. The number of anilines is 1. The first-order valence-electron chi connectivity index (χ1n) is 8.05.